The van der Waals surface area contributed by atoms with Crippen molar-refractivity contribution in [2.45, 2.75) is 52.2 Å². The van der Waals surface area contributed by atoms with Gasteiger partial charge in [-0.3, -0.25) is 9.79 Å². The summed E-state index contributed by atoms with van der Waals surface area (Å²) in [4.78, 5) is 17.8. The van der Waals surface area contributed by atoms with E-state index in [4.69, 9.17) is 0 Å². The Morgan fingerprint density at radius 2 is 1.83 bits per heavy atom. The Morgan fingerprint density at radius 3 is 2.33 bits per heavy atom. The molecule has 1 amide bonds. The molecule has 0 saturated carbocycles. The number of hydrogen-bond acceptors (Lipinski definition) is 2. The summed E-state index contributed by atoms with van der Waals surface area (Å²) in [5.41, 5.74) is 2.35. The molecule has 134 valence electrons. The van der Waals surface area contributed by atoms with Crippen molar-refractivity contribution in [1.82, 2.24) is 15.5 Å². The van der Waals surface area contributed by atoms with E-state index in [1.54, 1.807) is 7.05 Å². The number of rotatable bonds is 4. The molecule has 0 aromatic heterocycles. The molecule has 24 heavy (non-hydrogen) atoms. The number of likely N-dealkylation sites (tertiary alicyclic amines) is 1. The highest BCUT2D eigenvalue weighted by molar-refractivity contribution is 14.0. The van der Waals surface area contributed by atoms with E-state index in [2.05, 4.69) is 60.7 Å². The van der Waals surface area contributed by atoms with Gasteiger partial charge in [-0.2, -0.15) is 0 Å². The van der Waals surface area contributed by atoms with Crippen molar-refractivity contribution in [1.29, 1.82) is 0 Å². The van der Waals surface area contributed by atoms with E-state index in [9.17, 15) is 4.79 Å². The highest BCUT2D eigenvalue weighted by Gasteiger charge is 2.19. The van der Waals surface area contributed by atoms with E-state index in [1.165, 1.54) is 11.1 Å². The van der Waals surface area contributed by atoms with E-state index in [0.29, 0.717) is 6.42 Å². The van der Waals surface area contributed by atoms with E-state index in [0.717, 1.165) is 32.0 Å². The lowest BCUT2D eigenvalue weighted by atomic mass is 10.1. The molecule has 0 radical (unpaired) electrons. The molecule has 1 aliphatic heterocycles. The number of nitrogens with one attached hydrogen (secondary N) is 2. The lowest BCUT2D eigenvalue weighted by Gasteiger charge is -2.23. The summed E-state index contributed by atoms with van der Waals surface area (Å²) in [7, 11) is 1.78. The van der Waals surface area contributed by atoms with Crippen LogP contribution in [-0.4, -0.2) is 35.9 Å². The zero-order chi connectivity index (χ0) is 16.9. The van der Waals surface area contributed by atoms with Gasteiger partial charge in [0.25, 0.3) is 0 Å². The molecule has 0 bridgehead atoms. The molecule has 1 aromatic rings. The van der Waals surface area contributed by atoms with Crippen LogP contribution in [0.15, 0.2) is 29.3 Å². The number of carbonyl (C=O) groups excluding carboxylic acids is 1. The predicted molar refractivity (Wildman–Crippen MR) is 110 cm³/mol. The molecule has 2 rings (SSSR count). The highest BCUT2D eigenvalue weighted by Crippen LogP contribution is 2.14. The molecule has 0 aliphatic carbocycles. The van der Waals surface area contributed by atoms with Gasteiger partial charge < -0.3 is 15.5 Å². The molecule has 0 spiro atoms. The standard InChI is InChI=1S/C18H28N4O.HI/c1-18(2,3)21-17(19-4)20-12-14-7-9-15(10-8-14)13-22-11-5-6-16(22)23;/h7-10H,5-6,11-13H2,1-4H3,(H2,19,20,21);1H. The fraction of sp³-hybridized carbons (Fsp3) is 0.556. The zero-order valence-electron chi connectivity index (χ0n) is 15.1. The first-order chi connectivity index (χ1) is 10.9. The number of aliphatic imine (C=N–C) groups is 1. The number of carbonyl (C=O) groups is 1. The van der Waals surface area contributed by atoms with Crippen molar-refractivity contribution in [2.75, 3.05) is 13.6 Å². The second-order valence-corrected chi connectivity index (χ2v) is 7.04. The average molecular weight is 444 g/mol. The molecule has 1 fully saturated rings. The van der Waals surface area contributed by atoms with Crippen LogP contribution in [0.3, 0.4) is 0 Å². The molecule has 1 saturated heterocycles. The maximum Gasteiger partial charge on any atom is 0.222 e. The van der Waals surface area contributed by atoms with E-state index < -0.39 is 0 Å². The van der Waals surface area contributed by atoms with Gasteiger partial charge in [0.05, 0.1) is 0 Å². The molecule has 1 aliphatic rings. The second-order valence-electron chi connectivity index (χ2n) is 7.04. The fourth-order valence-electron chi connectivity index (χ4n) is 2.57. The number of amides is 1. The first-order valence-electron chi connectivity index (χ1n) is 8.22. The largest absolute Gasteiger partial charge is 0.352 e. The third kappa shape index (κ3) is 6.67. The van der Waals surface area contributed by atoms with Gasteiger partial charge in [-0.05, 0) is 38.3 Å². The summed E-state index contributed by atoms with van der Waals surface area (Å²) in [6, 6.07) is 8.41. The monoisotopic (exact) mass is 444 g/mol. The topological polar surface area (TPSA) is 56.7 Å². The van der Waals surface area contributed by atoms with Crippen LogP contribution in [-0.2, 0) is 17.9 Å². The molecule has 1 aromatic carbocycles. The maximum atomic E-state index is 11.7. The molecule has 0 unspecified atom stereocenters. The van der Waals surface area contributed by atoms with Gasteiger partial charge in [0.15, 0.2) is 5.96 Å². The summed E-state index contributed by atoms with van der Waals surface area (Å²) in [5.74, 6) is 1.07. The number of benzene rings is 1. The molecular weight excluding hydrogens is 415 g/mol. The summed E-state index contributed by atoms with van der Waals surface area (Å²) in [6.07, 6.45) is 1.68. The van der Waals surface area contributed by atoms with Crippen LogP contribution < -0.4 is 10.6 Å². The second kappa shape index (κ2) is 9.25. The Morgan fingerprint density at radius 1 is 1.21 bits per heavy atom. The highest BCUT2D eigenvalue weighted by atomic mass is 127. The zero-order valence-corrected chi connectivity index (χ0v) is 17.4. The van der Waals surface area contributed by atoms with Crippen LogP contribution in [0.5, 0.6) is 0 Å². The van der Waals surface area contributed by atoms with Gasteiger partial charge in [0.2, 0.25) is 5.91 Å². The lowest BCUT2D eigenvalue weighted by Crippen LogP contribution is -2.47. The minimum absolute atomic E-state index is 0. The predicted octanol–water partition coefficient (Wildman–Crippen LogP) is 2.89. The molecule has 2 N–H and O–H groups in total. The molecule has 6 heteroatoms. The summed E-state index contributed by atoms with van der Waals surface area (Å²) < 4.78 is 0. The van der Waals surface area contributed by atoms with Crippen LogP contribution >= 0.6 is 24.0 Å². The van der Waals surface area contributed by atoms with Crippen LogP contribution in [0.25, 0.3) is 0 Å². The Balaban J connectivity index is 0.00000288. The molecule has 0 atom stereocenters. The van der Waals surface area contributed by atoms with Crippen LogP contribution in [0.1, 0.15) is 44.7 Å². The fourth-order valence-corrected chi connectivity index (χ4v) is 2.57. The van der Waals surface area contributed by atoms with E-state index in [-0.39, 0.29) is 35.4 Å². The molecular formula is C18H29IN4O. The minimum Gasteiger partial charge on any atom is -0.352 e. The van der Waals surface area contributed by atoms with Gasteiger partial charge in [-0.1, -0.05) is 24.3 Å². The number of halogens is 1. The van der Waals surface area contributed by atoms with Gasteiger partial charge in [0, 0.05) is 38.6 Å². The average Bonchev–Trinajstić information content (AvgIpc) is 2.89. The normalized spacial score (nSPS) is 15.2. The quantitative estimate of drug-likeness (QED) is 0.427. The first kappa shape index (κ1) is 20.7. The Bertz CT molecular complexity index is 563. The summed E-state index contributed by atoms with van der Waals surface area (Å²) in [5, 5.41) is 6.65. The number of hydrogen-bond donors (Lipinski definition) is 2. The lowest BCUT2D eigenvalue weighted by molar-refractivity contribution is -0.128. The van der Waals surface area contributed by atoms with Gasteiger partial charge in [-0.25, -0.2) is 0 Å². The van der Waals surface area contributed by atoms with Crippen molar-refractivity contribution >= 4 is 35.8 Å². The van der Waals surface area contributed by atoms with Gasteiger partial charge >= 0.3 is 0 Å². The summed E-state index contributed by atoms with van der Waals surface area (Å²) >= 11 is 0. The Labute approximate surface area is 162 Å². The third-order valence-electron chi connectivity index (χ3n) is 3.74. The number of nitrogens with zero attached hydrogens (tertiary/aromatic N) is 2. The van der Waals surface area contributed by atoms with Crippen molar-refractivity contribution in [2.24, 2.45) is 4.99 Å². The summed E-state index contributed by atoms with van der Waals surface area (Å²) in [6.45, 7) is 8.65. The first-order valence-corrected chi connectivity index (χ1v) is 8.22. The van der Waals surface area contributed by atoms with Crippen molar-refractivity contribution in [3.05, 3.63) is 35.4 Å². The van der Waals surface area contributed by atoms with E-state index in [1.807, 2.05) is 4.90 Å². The van der Waals surface area contributed by atoms with Crippen molar-refractivity contribution in [3.63, 3.8) is 0 Å². The van der Waals surface area contributed by atoms with Crippen molar-refractivity contribution in [3.8, 4) is 0 Å². The maximum absolute atomic E-state index is 11.7. The Hall–Kier alpha value is -1.31. The van der Waals surface area contributed by atoms with Gasteiger partial charge in [0.1, 0.15) is 0 Å². The Kier molecular flexibility index (Phi) is 7.99. The minimum atomic E-state index is -0.0199. The van der Waals surface area contributed by atoms with Crippen LogP contribution in [0.4, 0.5) is 0 Å². The van der Waals surface area contributed by atoms with Gasteiger partial charge in [-0.15, -0.1) is 24.0 Å². The number of guanidine groups is 1. The van der Waals surface area contributed by atoms with Crippen LogP contribution in [0, 0.1) is 0 Å². The smallest absolute Gasteiger partial charge is 0.222 e. The van der Waals surface area contributed by atoms with Crippen LogP contribution in [0.2, 0.25) is 0 Å². The third-order valence-corrected chi connectivity index (χ3v) is 3.74. The molecule has 5 nitrogen and oxygen atoms in total. The van der Waals surface area contributed by atoms with Crippen molar-refractivity contribution < 1.29 is 4.79 Å². The van der Waals surface area contributed by atoms with E-state index >= 15 is 0 Å². The molecule has 1 heterocycles. The SMILES string of the molecule is CN=C(NCc1ccc(CN2CCCC2=O)cc1)NC(C)(C)C.I.